The molecule has 0 bridgehead atoms. The van der Waals surface area contributed by atoms with Gasteiger partial charge in [0.05, 0.1) is 6.42 Å². The first kappa shape index (κ1) is 24.3. The highest BCUT2D eigenvalue weighted by Crippen LogP contribution is 2.26. The van der Waals surface area contributed by atoms with Gasteiger partial charge in [-0.25, -0.2) is 0 Å². The summed E-state index contributed by atoms with van der Waals surface area (Å²) in [6.07, 6.45) is 8.51. The lowest BCUT2D eigenvalue weighted by Gasteiger charge is -2.33. The van der Waals surface area contributed by atoms with Gasteiger partial charge in [-0.3, -0.25) is 9.59 Å². The summed E-state index contributed by atoms with van der Waals surface area (Å²) in [5, 5.41) is 5.29. The molecule has 0 spiro atoms. The fourth-order valence-electron chi connectivity index (χ4n) is 4.91. The van der Waals surface area contributed by atoms with Gasteiger partial charge in [0.15, 0.2) is 6.04 Å². The highest BCUT2D eigenvalue weighted by Gasteiger charge is 2.34. The average molecular weight is 478 g/mol. The third-order valence-corrected chi connectivity index (χ3v) is 7.76. The largest absolute Gasteiger partial charge is 0.352 e. The van der Waals surface area contributed by atoms with Crippen LogP contribution < -0.4 is 5.32 Å². The van der Waals surface area contributed by atoms with Crippen molar-refractivity contribution in [1.82, 2.24) is 14.8 Å². The average Bonchev–Trinajstić information content (AvgIpc) is 3.50. The van der Waals surface area contributed by atoms with Gasteiger partial charge in [-0.2, -0.15) is 0 Å². The number of nitrogens with zero attached hydrogens (tertiary/aromatic N) is 2. The van der Waals surface area contributed by atoms with Crippen LogP contribution in [0.5, 0.6) is 0 Å². The fraction of sp³-hybridized carbons (Fsp3) is 0.429. The fourth-order valence-corrected chi connectivity index (χ4v) is 5.61. The molecule has 1 saturated carbocycles. The predicted octanol–water partition coefficient (Wildman–Crippen LogP) is 5.20. The molecular formula is C28H35N3O2S. The number of hydrogen-bond donors (Lipinski definition) is 1. The summed E-state index contributed by atoms with van der Waals surface area (Å²) >= 11 is 1.58. The van der Waals surface area contributed by atoms with Crippen LogP contribution in [0.1, 0.15) is 59.8 Å². The summed E-state index contributed by atoms with van der Waals surface area (Å²) < 4.78 is 1.96. The zero-order valence-electron chi connectivity index (χ0n) is 20.2. The molecule has 2 aromatic heterocycles. The first-order valence-corrected chi connectivity index (χ1v) is 13.2. The molecule has 5 nitrogen and oxygen atoms in total. The van der Waals surface area contributed by atoms with E-state index in [-0.39, 0.29) is 17.9 Å². The van der Waals surface area contributed by atoms with E-state index in [4.69, 9.17) is 0 Å². The molecule has 0 saturated heterocycles. The number of aryl methyl sites for hydroxylation is 2. The number of carbonyl (C=O) groups is 2. The Morgan fingerprint density at radius 2 is 1.88 bits per heavy atom. The third kappa shape index (κ3) is 5.98. The zero-order valence-corrected chi connectivity index (χ0v) is 21.0. The Bertz CT molecular complexity index is 1080. The maximum absolute atomic E-state index is 13.8. The molecule has 2 heterocycles. The van der Waals surface area contributed by atoms with Crippen molar-refractivity contribution >= 4 is 23.2 Å². The Balaban J connectivity index is 1.63. The maximum Gasteiger partial charge on any atom is 0.249 e. The van der Waals surface area contributed by atoms with Crippen LogP contribution in [-0.4, -0.2) is 33.9 Å². The summed E-state index contributed by atoms with van der Waals surface area (Å²) in [4.78, 5) is 30.3. The highest BCUT2D eigenvalue weighted by atomic mass is 32.1. The van der Waals surface area contributed by atoms with Gasteiger partial charge in [-0.15, -0.1) is 11.3 Å². The van der Waals surface area contributed by atoms with Crippen molar-refractivity contribution in [3.05, 3.63) is 81.8 Å². The molecule has 1 N–H and O–H groups in total. The van der Waals surface area contributed by atoms with Crippen LogP contribution in [0.4, 0.5) is 0 Å². The highest BCUT2D eigenvalue weighted by molar-refractivity contribution is 7.10. The second-order valence-corrected chi connectivity index (χ2v) is 10.3. The number of carbonyl (C=O) groups excluding carboxylic acids is 2. The van der Waals surface area contributed by atoms with Gasteiger partial charge in [0.25, 0.3) is 0 Å². The van der Waals surface area contributed by atoms with Gasteiger partial charge < -0.3 is 14.8 Å². The van der Waals surface area contributed by atoms with Crippen LogP contribution in [-0.2, 0) is 29.5 Å². The molecule has 180 valence electrons. The summed E-state index contributed by atoms with van der Waals surface area (Å²) in [5.41, 5.74) is 3.25. The lowest BCUT2D eigenvalue weighted by Crippen LogP contribution is -2.48. The standard InChI is InChI=1S/C28H35N3O2S/c1-21-10-6-7-11-22(21)16-18-31(26(32)20-24-14-9-19-34-24)27(25-15-8-17-30(25)2)28(33)29-23-12-4-3-5-13-23/h6-11,14-15,17,19,23,27H,3-5,12-13,16,18,20H2,1-2H3,(H,29,33). The van der Waals surface area contributed by atoms with E-state index in [9.17, 15) is 9.59 Å². The lowest BCUT2D eigenvalue weighted by atomic mass is 9.95. The van der Waals surface area contributed by atoms with Crippen LogP contribution in [0.2, 0.25) is 0 Å². The van der Waals surface area contributed by atoms with Crippen molar-refractivity contribution in [1.29, 1.82) is 0 Å². The first-order valence-electron chi connectivity index (χ1n) is 12.3. The smallest absolute Gasteiger partial charge is 0.249 e. The Morgan fingerprint density at radius 3 is 2.56 bits per heavy atom. The van der Waals surface area contributed by atoms with Crippen LogP contribution in [0.15, 0.2) is 60.1 Å². The number of rotatable bonds is 9. The van der Waals surface area contributed by atoms with E-state index in [0.717, 1.165) is 36.3 Å². The molecule has 34 heavy (non-hydrogen) atoms. The lowest BCUT2D eigenvalue weighted by molar-refractivity contribution is -0.141. The molecule has 0 radical (unpaired) electrons. The van der Waals surface area contributed by atoms with Gasteiger partial charge in [0.2, 0.25) is 11.8 Å². The van der Waals surface area contributed by atoms with Gasteiger partial charge in [-0.05, 0) is 60.9 Å². The molecule has 1 atom stereocenters. The van der Waals surface area contributed by atoms with Crippen molar-refractivity contribution in [3.63, 3.8) is 0 Å². The van der Waals surface area contributed by atoms with Gasteiger partial charge >= 0.3 is 0 Å². The van der Waals surface area contributed by atoms with Crippen molar-refractivity contribution in [2.75, 3.05) is 6.54 Å². The zero-order chi connectivity index (χ0) is 23.9. The molecule has 1 aliphatic rings. The quantitative estimate of drug-likeness (QED) is 0.461. The molecule has 6 heteroatoms. The van der Waals surface area contributed by atoms with Gasteiger partial charge in [0, 0.05) is 36.4 Å². The van der Waals surface area contributed by atoms with E-state index in [1.807, 2.05) is 59.6 Å². The second kappa shape index (κ2) is 11.5. The Labute approximate surface area is 206 Å². The van der Waals surface area contributed by atoms with E-state index in [1.165, 1.54) is 17.5 Å². The van der Waals surface area contributed by atoms with Crippen molar-refractivity contribution < 1.29 is 9.59 Å². The van der Waals surface area contributed by atoms with Gasteiger partial charge in [0.1, 0.15) is 0 Å². The molecule has 1 unspecified atom stereocenters. The second-order valence-electron chi connectivity index (χ2n) is 9.31. The van der Waals surface area contributed by atoms with Gasteiger partial charge in [-0.1, -0.05) is 49.6 Å². The summed E-state index contributed by atoms with van der Waals surface area (Å²) in [6, 6.07) is 15.7. The number of benzene rings is 1. The topological polar surface area (TPSA) is 54.3 Å². The van der Waals surface area contributed by atoms with E-state index in [1.54, 1.807) is 16.2 Å². The molecule has 2 amide bonds. The van der Waals surface area contributed by atoms with E-state index >= 15 is 0 Å². The molecule has 3 aromatic rings. The molecule has 0 aliphatic heterocycles. The van der Waals surface area contributed by atoms with Crippen LogP contribution in [0.25, 0.3) is 0 Å². The van der Waals surface area contributed by atoms with E-state index in [2.05, 4.69) is 24.4 Å². The predicted molar refractivity (Wildman–Crippen MR) is 138 cm³/mol. The molecule has 1 aromatic carbocycles. The molecular weight excluding hydrogens is 442 g/mol. The Morgan fingerprint density at radius 1 is 1.09 bits per heavy atom. The number of nitrogens with one attached hydrogen (secondary N) is 1. The van der Waals surface area contributed by atoms with E-state index < -0.39 is 6.04 Å². The first-order chi connectivity index (χ1) is 16.5. The normalized spacial score (nSPS) is 15.1. The maximum atomic E-state index is 13.8. The van der Waals surface area contributed by atoms with Crippen molar-refractivity contribution in [2.24, 2.45) is 7.05 Å². The minimum atomic E-state index is -0.654. The molecule has 4 rings (SSSR count). The minimum absolute atomic E-state index is 0.0129. The molecule has 1 fully saturated rings. The van der Waals surface area contributed by atoms with Crippen LogP contribution in [0, 0.1) is 6.92 Å². The monoisotopic (exact) mass is 477 g/mol. The SMILES string of the molecule is Cc1ccccc1CCN(C(=O)Cc1cccs1)C(C(=O)NC1CCCCC1)c1cccn1C. The summed E-state index contributed by atoms with van der Waals surface area (Å²) in [5.74, 6) is -0.0842. The van der Waals surface area contributed by atoms with Crippen LogP contribution in [0.3, 0.4) is 0 Å². The number of hydrogen-bond acceptors (Lipinski definition) is 3. The van der Waals surface area contributed by atoms with Crippen LogP contribution >= 0.6 is 11.3 Å². The Kier molecular flexibility index (Phi) is 8.22. The number of aromatic nitrogens is 1. The summed E-state index contributed by atoms with van der Waals surface area (Å²) in [6.45, 7) is 2.58. The number of thiophene rings is 1. The minimum Gasteiger partial charge on any atom is -0.352 e. The molecule has 1 aliphatic carbocycles. The summed E-state index contributed by atoms with van der Waals surface area (Å²) in [7, 11) is 1.94. The Hall–Kier alpha value is -2.86. The van der Waals surface area contributed by atoms with Crippen molar-refractivity contribution in [3.8, 4) is 0 Å². The number of amides is 2. The van der Waals surface area contributed by atoms with E-state index in [0.29, 0.717) is 19.4 Å². The third-order valence-electron chi connectivity index (χ3n) is 6.88. The van der Waals surface area contributed by atoms with Crippen molar-refractivity contribution in [2.45, 2.75) is 64.0 Å².